The Morgan fingerprint density at radius 2 is 2.28 bits per heavy atom. The van der Waals surface area contributed by atoms with Crippen molar-refractivity contribution in [1.82, 2.24) is 5.32 Å². The summed E-state index contributed by atoms with van der Waals surface area (Å²) in [6.45, 7) is 5.75. The molecule has 2 heterocycles. The molecule has 2 N–H and O–H groups in total. The van der Waals surface area contributed by atoms with Crippen LogP contribution in [-0.2, 0) is 5.60 Å². The third-order valence-corrected chi connectivity index (χ3v) is 4.12. The first-order chi connectivity index (χ1) is 8.61. The van der Waals surface area contributed by atoms with Crippen LogP contribution in [0.1, 0.15) is 24.7 Å². The molecule has 1 aliphatic rings. The van der Waals surface area contributed by atoms with Crippen LogP contribution in [0.3, 0.4) is 0 Å². The van der Waals surface area contributed by atoms with E-state index in [1.54, 1.807) is 0 Å². The molecule has 0 saturated carbocycles. The second-order valence-electron chi connectivity index (χ2n) is 5.38. The maximum absolute atomic E-state index is 10.9. The van der Waals surface area contributed by atoms with E-state index in [0.29, 0.717) is 12.2 Å². The van der Waals surface area contributed by atoms with Crippen molar-refractivity contribution in [3.63, 3.8) is 0 Å². The number of hydrogen-bond donors (Lipinski definition) is 2. The largest absolute Gasteiger partial charge is 0.458 e. The molecule has 2 atom stereocenters. The molecule has 2 aromatic rings. The highest BCUT2D eigenvalue weighted by Crippen LogP contribution is 2.38. The van der Waals surface area contributed by atoms with Crippen molar-refractivity contribution in [2.75, 3.05) is 13.1 Å². The predicted octanol–water partition coefficient (Wildman–Crippen LogP) is 2.56. The third-order valence-electron chi connectivity index (χ3n) is 4.12. The van der Waals surface area contributed by atoms with Gasteiger partial charge in [0.2, 0.25) is 0 Å². The minimum atomic E-state index is -0.837. The lowest BCUT2D eigenvalue weighted by atomic mass is 9.81. The molecule has 1 saturated heterocycles. The van der Waals surface area contributed by atoms with E-state index in [9.17, 15) is 5.11 Å². The van der Waals surface area contributed by atoms with Gasteiger partial charge in [-0.15, -0.1) is 0 Å². The fourth-order valence-corrected chi connectivity index (χ4v) is 2.80. The fraction of sp³-hybridized carbons (Fsp3) is 0.467. The Balaban J connectivity index is 2.11. The Labute approximate surface area is 107 Å². The third kappa shape index (κ3) is 1.66. The molecule has 0 bridgehead atoms. The molecular formula is C15H19NO2. The average molecular weight is 245 g/mol. The van der Waals surface area contributed by atoms with Gasteiger partial charge in [0.05, 0.1) is 0 Å². The summed E-state index contributed by atoms with van der Waals surface area (Å²) in [5, 5.41) is 15.2. The summed E-state index contributed by atoms with van der Waals surface area (Å²) >= 11 is 0. The number of hydrogen-bond acceptors (Lipinski definition) is 3. The standard InChI is InChI=1S/C15H19NO2/c1-10-4-3-5-12-8-13(18-14(10)12)15(17)6-7-16-9-11(15)2/h3-5,8,11,16-17H,6-7,9H2,1-2H3. The van der Waals surface area contributed by atoms with Crippen molar-refractivity contribution in [3.05, 3.63) is 35.6 Å². The predicted molar refractivity (Wildman–Crippen MR) is 71.5 cm³/mol. The molecule has 1 aromatic carbocycles. The Morgan fingerprint density at radius 3 is 3.00 bits per heavy atom. The minimum absolute atomic E-state index is 0.159. The number of furan rings is 1. The van der Waals surface area contributed by atoms with Gasteiger partial charge in [0.15, 0.2) is 0 Å². The monoisotopic (exact) mass is 245 g/mol. The molecule has 0 radical (unpaired) electrons. The van der Waals surface area contributed by atoms with E-state index >= 15 is 0 Å². The highest BCUT2D eigenvalue weighted by atomic mass is 16.4. The minimum Gasteiger partial charge on any atom is -0.458 e. The van der Waals surface area contributed by atoms with Gasteiger partial charge in [-0.25, -0.2) is 0 Å². The fourth-order valence-electron chi connectivity index (χ4n) is 2.80. The molecule has 3 nitrogen and oxygen atoms in total. The summed E-state index contributed by atoms with van der Waals surface area (Å²) in [7, 11) is 0. The van der Waals surface area contributed by atoms with Gasteiger partial charge in [0.1, 0.15) is 16.9 Å². The van der Waals surface area contributed by atoms with E-state index in [-0.39, 0.29) is 5.92 Å². The number of nitrogens with one attached hydrogen (secondary N) is 1. The molecule has 3 rings (SSSR count). The van der Waals surface area contributed by atoms with Gasteiger partial charge in [-0.3, -0.25) is 0 Å². The summed E-state index contributed by atoms with van der Waals surface area (Å²) in [6.07, 6.45) is 0.701. The highest BCUT2D eigenvalue weighted by molar-refractivity contribution is 5.81. The van der Waals surface area contributed by atoms with Crippen LogP contribution in [0, 0.1) is 12.8 Å². The van der Waals surface area contributed by atoms with Crippen molar-refractivity contribution in [2.45, 2.75) is 25.9 Å². The van der Waals surface area contributed by atoms with Gasteiger partial charge in [0.25, 0.3) is 0 Å². The van der Waals surface area contributed by atoms with Crippen LogP contribution in [0.25, 0.3) is 11.0 Å². The first kappa shape index (κ1) is 11.8. The maximum Gasteiger partial charge on any atom is 0.137 e. The average Bonchev–Trinajstić information content (AvgIpc) is 2.79. The normalized spacial score (nSPS) is 28.7. The van der Waals surface area contributed by atoms with Crippen LogP contribution >= 0.6 is 0 Å². The Bertz CT molecular complexity index is 575. The molecule has 2 unspecified atom stereocenters. The summed E-state index contributed by atoms with van der Waals surface area (Å²) in [5.41, 5.74) is 1.17. The zero-order chi connectivity index (χ0) is 12.8. The molecule has 1 fully saturated rings. The van der Waals surface area contributed by atoms with Crippen molar-refractivity contribution < 1.29 is 9.52 Å². The zero-order valence-electron chi connectivity index (χ0n) is 10.9. The van der Waals surface area contributed by atoms with E-state index in [1.807, 2.05) is 31.2 Å². The van der Waals surface area contributed by atoms with Crippen molar-refractivity contribution >= 4 is 11.0 Å². The van der Waals surface area contributed by atoms with Crippen LogP contribution < -0.4 is 5.32 Å². The molecule has 0 aliphatic carbocycles. The Hall–Kier alpha value is -1.32. The number of rotatable bonds is 1. The van der Waals surface area contributed by atoms with Gasteiger partial charge >= 0.3 is 0 Å². The van der Waals surface area contributed by atoms with E-state index < -0.39 is 5.60 Å². The topological polar surface area (TPSA) is 45.4 Å². The SMILES string of the molecule is Cc1cccc2cc(C3(O)CCNCC3C)oc12. The lowest BCUT2D eigenvalue weighted by molar-refractivity contribution is -0.0553. The Kier molecular flexibility index (Phi) is 2.68. The van der Waals surface area contributed by atoms with E-state index in [1.165, 1.54) is 0 Å². The molecule has 0 spiro atoms. The summed E-state index contributed by atoms with van der Waals surface area (Å²) in [4.78, 5) is 0. The van der Waals surface area contributed by atoms with Crippen molar-refractivity contribution in [3.8, 4) is 0 Å². The number of fused-ring (bicyclic) bond motifs is 1. The van der Waals surface area contributed by atoms with Gasteiger partial charge < -0.3 is 14.8 Å². The first-order valence-electron chi connectivity index (χ1n) is 6.54. The van der Waals surface area contributed by atoms with Crippen molar-refractivity contribution in [1.29, 1.82) is 0 Å². The summed E-state index contributed by atoms with van der Waals surface area (Å²) in [5.74, 6) is 0.868. The Morgan fingerprint density at radius 1 is 1.44 bits per heavy atom. The van der Waals surface area contributed by atoms with Crippen LogP contribution in [0.15, 0.2) is 28.7 Å². The molecule has 18 heavy (non-hydrogen) atoms. The second-order valence-corrected chi connectivity index (χ2v) is 5.38. The van der Waals surface area contributed by atoms with Gasteiger partial charge in [0, 0.05) is 17.8 Å². The molecule has 3 heteroatoms. The molecule has 0 amide bonds. The van der Waals surface area contributed by atoms with Gasteiger partial charge in [-0.1, -0.05) is 25.1 Å². The maximum atomic E-state index is 10.9. The quantitative estimate of drug-likeness (QED) is 0.811. The number of benzene rings is 1. The second kappa shape index (κ2) is 4.11. The molecule has 96 valence electrons. The lowest BCUT2D eigenvalue weighted by Gasteiger charge is -2.36. The number of aliphatic hydroxyl groups is 1. The molecular weight excluding hydrogens is 226 g/mol. The highest BCUT2D eigenvalue weighted by Gasteiger charge is 2.40. The van der Waals surface area contributed by atoms with E-state index in [2.05, 4.69) is 12.2 Å². The molecule has 1 aliphatic heterocycles. The van der Waals surface area contributed by atoms with Gasteiger partial charge in [-0.05, 0) is 31.5 Å². The smallest absolute Gasteiger partial charge is 0.137 e. The lowest BCUT2D eigenvalue weighted by Crippen LogP contribution is -2.46. The van der Waals surface area contributed by atoms with E-state index in [4.69, 9.17) is 4.42 Å². The van der Waals surface area contributed by atoms with Crippen LogP contribution in [0.2, 0.25) is 0 Å². The number of piperidine rings is 1. The van der Waals surface area contributed by atoms with Crippen LogP contribution in [0.4, 0.5) is 0 Å². The summed E-state index contributed by atoms with van der Waals surface area (Å²) in [6, 6.07) is 8.08. The first-order valence-corrected chi connectivity index (χ1v) is 6.54. The van der Waals surface area contributed by atoms with E-state index in [0.717, 1.165) is 29.6 Å². The van der Waals surface area contributed by atoms with Crippen molar-refractivity contribution in [2.24, 2.45) is 5.92 Å². The number of aryl methyl sites for hydroxylation is 1. The molecule has 1 aromatic heterocycles. The summed E-state index contributed by atoms with van der Waals surface area (Å²) < 4.78 is 5.93. The zero-order valence-corrected chi connectivity index (χ0v) is 10.9. The number of para-hydroxylation sites is 1. The van der Waals surface area contributed by atoms with Crippen LogP contribution in [-0.4, -0.2) is 18.2 Å². The van der Waals surface area contributed by atoms with Crippen LogP contribution in [0.5, 0.6) is 0 Å². The van der Waals surface area contributed by atoms with Gasteiger partial charge in [-0.2, -0.15) is 0 Å².